The van der Waals surface area contributed by atoms with Crippen molar-refractivity contribution in [3.63, 3.8) is 0 Å². The molecule has 29 heavy (non-hydrogen) atoms. The van der Waals surface area contributed by atoms with E-state index in [1.807, 2.05) is 6.92 Å². The van der Waals surface area contributed by atoms with E-state index in [0.29, 0.717) is 18.3 Å². The Bertz CT molecular complexity index is 771. The van der Waals surface area contributed by atoms with Crippen LogP contribution in [0.2, 0.25) is 0 Å². The second-order valence-electron chi connectivity index (χ2n) is 7.68. The minimum absolute atomic E-state index is 0.213. The molecule has 1 aromatic heterocycles. The summed E-state index contributed by atoms with van der Waals surface area (Å²) in [6.07, 6.45) is 6.09. The standard InChI is InChI=1S/C23H33N3O3/c1-3-24-22(26-17-23(2,27)21-13-7-15-29-21)25-14-8-16-28-20-12-6-10-18-9-4-5-11-19(18)20/h4-5,7,9,11,13,15,20,27H,3,6,8,10,12,14,16-17H2,1-2H3,(H2,24,25,26). The van der Waals surface area contributed by atoms with E-state index < -0.39 is 5.60 Å². The molecular formula is C23H33N3O3. The van der Waals surface area contributed by atoms with E-state index in [2.05, 4.69) is 39.9 Å². The second kappa shape index (κ2) is 10.5. The van der Waals surface area contributed by atoms with Gasteiger partial charge in [-0.15, -0.1) is 0 Å². The Hall–Kier alpha value is -2.31. The van der Waals surface area contributed by atoms with Crippen LogP contribution in [0, 0.1) is 0 Å². The van der Waals surface area contributed by atoms with Crippen molar-refractivity contribution in [2.45, 2.75) is 51.2 Å². The highest BCUT2D eigenvalue weighted by molar-refractivity contribution is 5.79. The number of hydrogen-bond donors (Lipinski definition) is 3. The first-order valence-electron chi connectivity index (χ1n) is 10.6. The minimum Gasteiger partial charge on any atom is -0.466 e. The molecule has 6 nitrogen and oxygen atoms in total. The van der Waals surface area contributed by atoms with Gasteiger partial charge < -0.3 is 24.9 Å². The predicted octanol–water partition coefficient (Wildman–Crippen LogP) is 3.53. The maximum absolute atomic E-state index is 10.5. The van der Waals surface area contributed by atoms with Gasteiger partial charge in [-0.1, -0.05) is 24.3 Å². The Morgan fingerprint density at radius 3 is 2.93 bits per heavy atom. The summed E-state index contributed by atoms with van der Waals surface area (Å²) in [6, 6.07) is 12.1. The molecule has 3 rings (SSSR count). The van der Waals surface area contributed by atoms with Crippen LogP contribution < -0.4 is 10.6 Å². The maximum atomic E-state index is 10.5. The molecule has 1 aliphatic carbocycles. The van der Waals surface area contributed by atoms with Gasteiger partial charge >= 0.3 is 0 Å². The van der Waals surface area contributed by atoms with Gasteiger partial charge in [-0.05, 0) is 62.8 Å². The van der Waals surface area contributed by atoms with Gasteiger partial charge in [0.05, 0.1) is 18.9 Å². The fourth-order valence-electron chi connectivity index (χ4n) is 3.62. The highest BCUT2D eigenvalue weighted by Gasteiger charge is 2.26. The van der Waals surface area contributed by atoms with Crippen LogP contribution >= 0.6 is 0 Å². The molecule has 0 saturated heterocycles. The van der Waals surface area contributed by atoms with E-state index in [1.165, 1.54) is 17.5 Å². The van der Waals surface area contributed by atoms with Gasteiger partial charge in [-0.3, -0.25) is 0 Å². The fraction of sp³-hybridized carbons (Fsp3) is 0.522. The molecule has 1 aliphatic rings. The van der Waals surface area contributed by atoms with Crippen LogP contribution in [-0.4, -0.2) is 37.3 Å². The van der Waals surface area contributed by atoms with Crippen molar-refractivity contribution in [2.75, 3.05) is 26.2 Å². The Labute approximate surface area is 173 Å². The number of hydrogen-bond acceptors (Lipinski definition) is 4. The molecule has 6 heteroatoms. The first-order valence-corrected chi connectivity index (χ1v) is 10.6. The number of furan rings is 1. The Kier molecular flexibility index (Phi) is 7.72. The molecule has 0 amide bonds. The molecule has 2 atom stereocenters. The number of aliphatic hydroxyl groups is 1. The van der Waals surface area contributed by atoms with E-state index >= 15 is 0 Å². The summed E-state index contributed by atoms with van der Waals surface area (Å²) < 4.78 is 11.5. The first kappa shape index (κ1) is 21.4. The maximum Gasteiger partial charge on any atom is 0.191 e. The first-order chi connectivity index (χ1) is 14.1. The van der Waals surface area contributed by atoms with Gasteiger partial charge in [-0.2, -0.15) is 0 Å². The lowest BCUT2D eigenvalue weighted by Gasteiger charge is -2.25. The van der Waals surface area contributed by atoms with E-state index in [0.717, 1.165) is 32.4 Å². The van der Waals surface area contributed by atoms with Gasteiger partial charge in [0.15, 0.2) is 5.96 Å². The summed E-state index contributed by atoms with van der Waals surface area (Å²) >= 11 is 0. The van der Waals surface area contributed by atoms with Crippen molar-refractivity contribution in [3.8, 4) is 0 Å². The van der Waals surface area contributed by atoms with Gasteiger partial charge in [0, 0.05) is 19.7 Å². The van der Waals surface area contributed by atoms with E-state index in [1.54, 1.807) is 25.3 Å². The molecule has 0 radical (unpaired) electrons. The van der Waals surface area contributed by atoms with Crippen LogP contribution in [0.4, 0.5) is 0 Å². The molecular weight excluding hydrogens is 366 g/mol. The van der Waals surface area contributed by atoms with Crippen LogP contribution in [0.25, 0.3) is 0 Å². The number of guanidine groups is 1. The molecule has 0 spiro atoms. The zero-order valence-electron chi connectivity index (χ0n) is 17.5. The number of fused-ring (bicyclic) bond motifs is 1. The minimum atomic E-state index is -1.14. The van der Waals surface area contributed by atoms with E-state index in [4.69, 9.17) is 9.15 Å². The second-order valence-corrected chi connectivity index (χ2v) is 7.68. The number of benzene rings is 1. The average molecular weight is 400 g/mol. The Morgan fingerprint density at radius 2 is 2.14 bits per heavy atom. The number of ether oxygens (including phenoxy) is 1. The molecule has 1 heterocycles. The molecule has 2 unspecified atom stereocenters. The normalized spacial score (nSPS) is 18.7. The molecule has 3 N–H and O–H groups in total. The quantitative estimate of drug-likeness (QED) is 0.342. The topological polar surface area (TPSA) is 79.0 Å². The van der Waals surface area contributed by atoms with Crippen LogP contribution in [0.15, 0.2) is 52.1 Å². The van der Waals surface area contributed by atoms with Crippen molar-refractivity contribution in [1.29, 1.82) is 0 Å². The molecule has 2 aromatic rings. The zero-order chi connectivity index (χ0) is 20.5. The van der Waals surface area contributed by atoms with Crippen molar-refractivity contribution >= 4 is 5.96 Å². The largest absolute Gasteiger partial charge is 0.466 e. The van der Waals surface area contributed by atoms with E-state index in [-0.39, 0.29) is 12.6 Å². The third kappa shape index (κ3) is 6.08. The lowest BCUT2D eigenvalue weighted by Crippen LogP contribution is -2.39. The molecule has 0 bridgehead atoms. The number of nitrogens with zero attached hydrogens (tertiary/aromatic N) is 1. The summed E-state index contributed by atoms with van der Waals surface area (Å²) in [5.41, 5.74) is 1.64. The van der Waals surface area contributed by atoms with Crippen molar-refractivity contribution < 1.29 is 14.3 Å². The highest BCUT2D eigenvalue weighted by Crippen LogP contribution is 2.32. The highest BCUT2D eigenvalue weighted by atomic mass is 16.5. The smallest absolute Gasteiger partial charge is 0.191 e. The lowest BCUT2D eigenvalue weighted by atomic mass is 9.89. The molecule has 0 aliphatic heterocycles. The summed E-state index contributed by atoms with van der Waals surface area (Å²) in [4.78, 5) is 4.50. The van der Waals surface area contributed by atoms with Gasteiger partial charge in [0.25, 0.3) is 0 Å². The van der Waals surface area contributed by atoms with Gasteiger partial charge in [0.1, 0.15) is 11.4 Å². The molecule has 0 fully saturated rings. The average Bonchev–Trinajstić information content (AvgIpc) is 3.28. The van der Waals surface area contributed by atoms with Gasteiger partial charge in [0.2, 0.25) is 0 Å². The number of aliphatic imine (C=N–C) groups is 1. The third-order valence-electron chi connectivity index (χ3n) is 5.19. The summed E-state index contributed by atoms with van der Waals surface area (Å²) in [6.45, 7) is 6.15. The Morgan fingerprint density at radius 1 is 1.28 bits per heavy atom. The summed E-state index contributed by atoms with van der Waals surface area (Å²) in [7, 11) is 0. The zero-order valence-corrected chi connectivity index (χ0v) is 17.5. The number of nitrogens with one attached hydrogen (secondary N) is 2. The van der Waals surface area contributed by atoms with E-state index in [9.17, 15) is 5.11 Å². The van der Waals surface area contributed by atoms with Crippen LogP contribution in [0.1, 0.15) is 56.1 Å². The summed E-state index contributed by atoms with van der Waals surface area (Å²) in [5, 5.41) is 17.1. The molecule has 158 valence electrons. The molecule has 0 saturated carbocycles. The van der Waals surface area contributed by atoms with Crippen molar-refractivity contribution in [1.82, 2.24) is 10.6 Å². The SMILES string of the molecule is CCNC(=NCC(C)(O)c1ccco1)NCCCOC1CCCc2ccccc21. The molecule has 1 aromatic carbocycles. The third-order valence-corrected chi connectivity index (χ3v) is 5.19. The van der Waals surface area contributed by atoms with Gasteiger partial charge in [-0.25, -0.2) is 4.99 Å². The predicted molar refractivity (Wildman–Crippen MR) is 115 cm³/mol. The monoisotopic (exact) mass is 399 g/mol. The number of aryl methyl sites for hydroxylation is 1. The fourth-order valence-corrected chi connectivity index (χ4v) is 3.62. The van der Waals surface area contributed by atoms with Crippen molar-refractivity contribution in [3.05, 3.63) is 59.5 Å². The van der Waals surface area contributed by atoms with Crippen LogP contribution in [0.3, 0.4) is 0 Å². The van der Waals surface area contributed by atoms with Crippen LogP contribution in [0.5, 0.6) is 0 Å². The lowest BCUT2D eigenvalue weighted by molar-refractivity contribution is 0.0396. The summed E-state index contributed by atoms with van der Waals surface area (Å²) in [5.74, 6) is 1.20. The van der Waals surface area contributed by atoms with Crippen LogP contribution in [-0.2, 0) is 16.8 Å². The van der Waals surface area contributed by atoms with Crippen molar-refractivity contribution in [2.24, 2.45) is 4.99 Å². The number of rotatable bonds is 9. The Balaban J connectivity index is 1.43.